The number of halogens is 2. The number of methoxy groups -OCH3 is 1. The molecule has 124 valence electrons. The molecule has 2 atom stereocenters. The first kappa shape index (κ1) is 19.3. The molecule has 5 heteroatoms. The summed E-state index contributed by atoms with van der Waals surface area (Å²) in [6.07, 6.45) is 7.15. The van der Waals surface area contributed by atoms with Crippen molar-refractivity contribution in [1.29, 1.82) is 0 Å². The van der Waals surface area contributed by atoms with E-state index in [0.717, 1.165) is 36.2 Å². The van der Waals surface area contributed by atoms with Gasteiger partial charge in [0.15, 0.2) is 0 Å². The second-order valence-electron chi connectivity index (χ2n) is 6.03. The molecule has 3 nitrogen and oxygen atoms in total. The Kier molecular flexibility index (Phi) is 7.70. The van der Waals surface area contributed by atoms with Gasteiger partial charge < -0.3 is 10.5 Å². The number of likely N-dealkylation sites (tertiary alicyclic amines) is 1. The predicted molar refractivity (Wildman–Crippen MR) is 97.2 cm³/mol. The number of nitrogens with two attached hydrogens (primary N) is 1. The molecule has 0 bridgehead atoms. The lowest BCUT2D eigenvalue weighted by atomic mass is 9.99. The minimum atomic E-state index is 0. The van der Waals surface area contributed by atoms with Crippen molar-refractivity contribution in [2.24, 2.45) is 17.6 Å². The number of rotatable bonds is 5. The van der Waals surface area contributed by atoms with Crippen molar-refractivity contribution in [3.8, 4) is 5.75 Å². The topological polar surface area (TPSA) is 38.5 Å². The molecule has 0 unspecified atom stereocenters. The highest BCUT2D eigenvalue weighted by Crippen LogP contribution is 2.40. The first-order valence-corrected chi connectivity index (χ1v) is 7.55. The molecule has 0 spiro atoms. The zero-order valence-electron chi connectivity index (χ0n) is 13.0. The third kappa shape index (κ3) is 4.63. The zero-order chi connectivity index (χ0) is 13.9. The fraction of sp³-hybridized carbons (Fsp3) is 0.529. The minimum Gasteiger partial charge on any atom is -0.496 e. The maximum absolute atomic E-state index is 6.25. The highest BCUT2D eigenvalue weighted by Gasteiger charge is 2.40. The minimum absolute atomic E-state index is 0. The number of benzene rings is 1. The van der Waals surface area contributed by atoms with Crippen molar-refractivity contribution in [3.63, 3.8) is 0 Å². The highest BCUT2D eigenvalue weighted by atomic mass is 35.5. The Morgan fingerprint density at radius 2 is 1.95 bits per heavy atom. The molecule has 0 amide bonds. The van der Waals surface area contributed by atoms with Gasteiger partial charge in [-0.1, -0.05) is 30.4 Å². The summed E-state index contributed by atoms with van der Waals surface area (Å²) in [7, 11) is 1.71. The Labute approximate surface area is 145 Å². The van der Waals surface area contributed by atoms with E-state index in [0.29, 0.717) is 6.04 Å². The van der Waals surface area contributed by atoms with Gasteiger partial charge in [0.2, 0.25) is 0 Å². The van der Waals surface area contributed by atoms with Crippen LogP contribution in [0.25, 0.3) is 6.08 Å². The Hall–Kier alpha value is -0.740. The van der Waals surface area contributed by atoms with Gasteiger partial charge in [-0.3, -0.25) is 4.90 Å². The molecule has 1 aromatic carbocycles. The summed E-state index contributed by atoms with van der Waals surface area (Å²) in [6, 6.07) is 8.49. The first-order valence-electron chi connectivity index (χ1n) is 7.55. The summed E-state index contributed by atoms with van der Waals surface area (Å²) in [5.41, 5.74) is 7.39. The van der Waals surface area contributed by atoms with Crippen molar-refractivity contribution >= 4 is 30.9 Å². The second kappa shape index (κ2) is 8.78. The van der Waals surface area contributed by atoms with Crippen LogP contribution in [-0.4, -0.2) is 37.7 Å². The third-order valence-corrected chi connectivity index (χ3v) is 4.52. The summed E-state index contributed by atoms with van der Waals surface area (Å²) in [5.74, 6) is 2.57. The Bertz CT molecular complexity index is 491. The number of ether oxygens (including phenoxy) is 1. The van der Waals surface area contributed by atoms with Crippen LogP contribution < -0.4 is 10.5 Å². The van der Waals surface area contributed by atoms with Gasteiger partial charge in [0.05, 0.1) is 7.11 Å². The number of hydrogen-bond donors (Lipinski definition) is 1. The maximum Gasteiger partial charge on any atom is 0.126 e. The second-order valence-corrected chi connectivity index (χ2v) is 6.03. The smallest absolute Gasteiger partial charge is 0.126 e. The summed E-state index contributed by atoms with van der Waals surface area (Å²) in [4.78, 5) is 2.47. The molecule has 22 heavy (non-hydrogen) atoms. The fourth-order valence-electron chi connectivity index (χ4n) is 3.25. The highest BCUT2D eigenvalue weighted by molar-refractivity contribution is 5.85. The van der Waals surface area contributed by atoms with E-state index < -0.39 is 0 Å². The van der Waals surface area contributed by atoms with Crippen molar-refractivity contribution < 1.29 is 4.74 Å². The molecular weight excluding hydrogens is 319 g/mol. The van der Waals surface area contributed by atoms with Crippen LogP contribution in [0.2, 0.25) is 0 Å². The number of hydrogen-bond acceptors (Lipinski definition) is 3. The Morgan fingerprint density at radius 3 is 2.64 bits per heavy atom. The molecule has 1 saturated carbocycles. The van der Waals surface area contributed by atoms with Crippen LogP contribution in [0.15, 0.2) is 30.3 Å². The van der Waals surface area contributed by atoms with E-state index in [1.165, 1.54) is 19.4 Å². The molecule has 2 N–H and O–H groups in total. The van der Waals surface area contributed by atoms with Gasteiger partial charge in [-0.05, 0) is 30.7 Å². The third-order valence-electron chi connectivity index (χ3n) is 4.52. The van der Waals surface area contributed by atoms with Gasteiger partial charge in [-0.15, -0.1) is 24.8 Å². The van der Waals surface area contributed by atoms with Crippen molar-refractivity contribution in [2.45, 2.75) is 18.9 Å². The summed E-state index contributed by atoms with van der Waals surface area (Å²) in [5, 5.41) is 0. The van der Waals surface area contributed by atoms with Gasteiger partial charge in [-0.25, -0.2) is 0 Å². The van der Waals surface area contributed by atoms with E-state index in [9.17, 15) is 0 Å². The lowest BCUT2D eigenvalue weighted by Gasteiger charge is -2.13. The summed E-state index contributed by atoms with van der Waals surface area (Å²) in [6.45, 7) is 3.19. The summed E-state index contributed by atoms with van der Waals surface area (Å²) < 4.78 is 5.36. The van der Waals surface area contributed by atoms with E-state index in [4.69, 9.17) is 10.5 Å². The molecule has 2 fully saturated rings. The summed E-state index contributed by atoms with van der Waals surface area (Å²) >= 11 is 0. The molecule has 0 aromatic heterocycles. The number of para-hydroxylation sites is 1. The lowest BCUT2D eigenvalue weighted by Crippen LogP contribution is -2.30. The fourth-order valence-corrected chi connectivity index (χ4v) is 3.25. The molecular formula is C17H26Cl2N2O. The first-order chi connectivity index (χ1) is 9.78. The Morgan fingerprint density at radius 1 is 1.23 bits per heavy atom. The molecule has 1 aliphatic carbocycles. The van der Waals surface area contributed by atoms with Gasteiger partial charge in [0.1, 0.15) is 5.75 Å². The molecule has 1 heterocycles. The van der Waals surface area contributed by atoms with Crippen LogP contribution in [-0.2, 0) is 0 Å². The lowest BCUT2D eigenvalue weighted by molar-refractivity contribution is 0.349. The van der Waals surface area contributed by atoms with Gasteiger partial charge in [-0.2, -0.15) is 0 Å². The zero-order valence-corrected chi connectivity index (χ0v) is 14.6. The van der Waals surface area contributed by atoms with E-state index in [1.807, 2.05) is 18.2 Å². The standard InChI is InChI=1S/C17H24N2O.2ClH/c1-20-17-7-3-2-5-14(17)6-4-10-19-11-15(13-8-9-13)16(18)12-19;;/h2-7,13,15-16H,8-12,18H2,1H3;2*1H/b6-4+;;/t15-,16+;;/m1../s1. The molecule has 0 radical (unpaired) electrons. The average Bonchev–Trinajstić information content (AvgIpc) is 3.23. The normalized spacial score (nSPS) is 24.8. The molecule has 1 saturated heterocycles. The van der Waals surface area contributed by atoms with Crippen LogP contribution in [0.3, 0.4) is 0 Å². The largest absolute Gasteiger partial charge is 0.496 e. The van der Waals surface area contributed by atoms with E-state index in [-0.39, 0.29) is 24.8 Å². The van der Waals surface area contributed by atoms with Crippen LogP contribution in [0.1, 0.15) is 18.4 Å². The van der Waals surface area contributed by atoms with E-state index in [1.54, 1.807) is 7.11 Å². The van der Waals surface area contributed by atoms with Crippen molar-refractivity contribution in [1.82, 2.24) is 4.90 Å². The Balaban J connectivity index is 0.00000121. The molecule has 1 aliphatic heterocycles. The SMILES string of the molecule is COc1ccccc1/C=C/CN1C[C@H](C2CC2)[C@@H](N)C1.Cl.Cl. The van der Waals surface area contributed by atoms with Crippen LogP contribution >= 0.6 is 24.8 Å². The van der Waals surface area contributed by atoms with E-state index in [2.05, 4.69) is 23.1 Å². The molecule has 1 aromatic rings. The van der Waals surface area contributed by atoms with Gasteiger partial charge >= 0.3 is 0 Å². The van der Waals surface area contributed by atoms with Crippen LogP contribution in [0, 0.1) is 11.8 Å². The monoisotopic (exact) mass is 344 g/mol. The van der Waals surface area contributed by atoms with Crippen molar-refractivity contribution in [3.05, 3.63) is 35.9 Å². The van der Waals surface area contributed by atoms with Gasteiger partial charge in [0, 0.05) is 31.2 Å². The van der Waals surface area contributed by atoms with Crippen LogP contribution in [0.4, 0.5) is 0 Å². The van der Waals surface area contributed by atoms with Crippen LogP contribution in [0.5, 0.6) is 5.75 Å². The van der Waals surface area contributed by atoms with Gasteiger partial charge in [0.25, 0.3) is 0 Å². The quantitative estimate of drug-likeness (QED) is 0.891. The van der Waals surface area contributed by atoms with E-state index >= 15 is 0 Å². The average molecular weight is 345 g/mol. The molecule has 2 aliphatic rings. The maximum atomic E-state index is 6.25. The molecule has 3 rings (SSSR count). The van der Waals surface area contributed by atoms with Crippen molar-refractivity contribution in [2.75, 3.05) is 26.7 Å². The predicted octanol–water partition coefficient (Wildman–Crippen LogP) is 3.22. The number of nitrogens with zero attached hydrogens (tertiary/aromatic N) is 1.